The first-order valence-electron chi connectivity index (χ1n) is 3.00. The van der Waals surface area contributed by atoms with Gasteiger partial charge >= 0.3 is 0 Å². The Labute approximate surface area is 56.4 Å². The summed E-state index contributed by atoms with van der Waals surface area (Å²) in [6.07, 6.45) is 2.82. The van der Waals surface area contributed by atoms with E-state index in [1.54, 1.807) is 0 Å². The summed E-state index contributed by atoms with van der Waals surface area (Å²) in [5.41, 5.74) is 0.734. The fraction of sp³-hybridized carbons (Fsp3) is 0.571. The maximum atomic E-state index is 8.47. The molecule has 50 valence electrons. The van der Waals surface area contributed by atoms with E-state index in [1.807, 2.05) is 32.0 Å². The summed E-state index contributed by atoms with van der Waals surface area (Å²) in [5, 5.41) is 8.47. The molecule has 0 aromatic carbocycles. The molecule has 0 saturated carbocycles. The normalized spacial score (nSPS) is 10.7. The van der Waals surface area contributed by atoms with Crippen molar-refractivity contribution in [3.63, 3.8) is 0 Å². The van der Waals surface area contributed by atoms with Gasteiger partial charge in [-0.1, -0.05) is 13.0 Å². The lowest BCUT2D eigenvalue weighted by Crippen LogP contribution is -2.08. The van der Waals surface area contributed by atoms with Crippen LogP contribution in [0.5, 0.6) is 0 Å². The Balaban J connectivity index is 4.02. The first-order valence-corrected chi connectivity index (χ1v) is 3.00. The van der Waals surface area contributed by atoms with Gasteiger partial charge in [-0.05, 0) is 6.42 Å². The van der Waals surface area contributed by atoms with Gasteiger partial charge in [-0.2, -0.15) is 5.26 Å². The maximum absolute atomic E-state index is 8.47. The van der Waals surface area contributed by atoms with Crippen molar-refractivity contribution in [3.8, 4) is 6.07 Å². The molecular formula is C7H12N2. The molecule has 0 aliphatic carbocycles. The molecule has 0 radical (unpaired) electrons. The summed E-state index contributed by atoms with van der Waals surface area (Å²) in [4.78, 5) is 1.81. The SMILES string of the molecule is CC/C=C(\C#N)N(C)C. The number of rotatable bonds is 2. The number of nitrogens with zero attached hydrogens (tertiary/aromatic N) is 2. The third kappa shape index (κ3) is 2.76. The van der Waals surface area contributed by atoms with Crippen molar-refractivity contribution in [2.24, 2.45) is 0 Å². The third-order valence-corrected chi connectivity index (χ3v) is 0.994. The molecule has 0 aromatic heterocycles. The van der Waals surface area contributed by atoms with Gasteiger partial charge in [0.2, 0.25) is 0 Å². The summed E-state index contributed by atoms with van der Waals surface area (Å²) in [5.74, 6) is 0. The van der Waals surface area contributed by atoms with Crippen molar-refractivity contribution in [1.29, 1.82) is 5.26 Å². The van der Waals surface area contributed by atoms with Crippen molar-refractivity contribution >= 4 is 0 Å². The first-order chi connectivity index (χ1) is 4.22. The lowest BCUT2D eigenvalue weighted by molar-refractivity contribution is 0.531. The highest BCUT2D eigenvalue weighted by molar-refractivity contribution is 5.17. The van der Waals surface area contributed by atoms with Crippen LogP contribution in [-0.2, 0) is 0 Å². The second-order valence-corrected chi connectivity index (χ2v) is 2.00. The standard InChI is InChI=1S/C7H12N2/c1-4-5-7(6-8)9(2)3/h5H,4H2,1-3H3/b7-5+. The van der Waals surface area contributed by atoms with Crippen molar-refractivity contribution in [3.05, 3.63) is 11.8 Å². The highest BCUT2D eigenvalue weighted by Crippen LogP contribution is 1.96. The van der Waals surface area contributed by atoms with Crippen LogP contribution in [0, 0.1) is 11.3 Å². The van der Waals surface area contributed by atoms with E-state index >= 15 is 0 Å². The van der Waals surface area contributed by atoms with E-state index in [0.717, 1.165) is 12.1 Å². The molecule has 0 atom stereocenters. The molecule has 0 spiro atoms. The van der Waals surface area contributed by atoms with E-state index in [1.165, 1.54) is 0 Å². The largest absolute Gasteiger partial charge is 0.369 e. The molecule has 0 amide bonds. The van der Waals surface area contributed by atoms with Crippen LogP contribution in [0.3, 0.4) is 0 Å². The van der Waals surface area contributed by atoms with Crippen LogP contribution in [0.1, 0.15) is 13.3 Å². The van der Waals surface area contributed by atoms with Crippen LogP contribution in [0.25, 0.3) is 0 Å². The van der Waals surface area contributed by atoms with Gasteiger partial charge in [0.15, 0.2) is 0 Å². The zero-order valence-corrected chi connectivity index (χ0v) is 6.18. The molecule has 0 unspecified atom stereocenters. The van der Waals surface area contributed by atoms with Gasteiger partial charge < -0.3 is 4.90 Å². The molecule has 9 heavy (non-hydrogen) atoms. The minimum absolute atomic E-state index is 0.734. The molecule has 0 bridgehead atoms. The fourth-order valence-corrected chi connectivity index (χ4v) is 0.522. The van der Waals surface area contributed by atoms with Crippen molar-refractivity contribution < 1.29 is 0 Å². The van der Waals surface area contributed by atoms with Gasteiger partial charge in [0.1, 0.15) is 11.8 Å². The Kier molecular flexibility index (Phi) is 3.54. The highest BCUT2D eigenvalue weighted by Gasteiger charge is 1.92. The number of allylic oxidation sites excluding steroid dienone is 2. The fourth-order valence-electron chi connectivity index (χ4n) is 0.522. The van der Waals surface area contributed by atoms with Crippen LogP contribution < -0.4 is 0 Å². The topological polar surface area (TPSA) is 27.0 Å². The quantitative estimate of drug-likeness (QED) is 0.520. The molecular weight excluding hydrogens is 112 g/mol. The minimum atomic E-state index is 0.734. The maximum Gasteiger partial charge on any atom is 0.117 e. The molecule has 0 rings (SSSR count). The average molecular weight is 124 g/mol. The summed E-state index contributed by atoms with van der Waals surface area (Å²) in [6.45, 7) is 2.01. The van der Waals surface area contributed by atoms with Crippen molar-refractivity contribution in [1.82, 2.24) is 4.90 Å². The third-order valence-electron chi connectivity index (χ3n) is 0.994. The van der Waals surface area contributed by atoms with Crippen LogP contribution in [0.4, 0.5) is 0 Å². The predicted octanol–water partition coefficient (Wildman–Crippen LogP) is 1.37. The Morgan fingerprint density at radius 1 is 1.67 bits per heavy atom. The van der Waals surface area contributed by atoms with Gasteiger partial charge in [0.25, 0.3) is 0 Å². The Hall–Kier alpha value is -0.970. The molecule has 0 aromatic rings. The van der Waals surface area contributed by atoms with Crippen LogP contribution >= 0.6 is 0 Å². The molecule has 0 heterocycles. The van der Waals surface area contributed by atoms with Crippen molar-refractivity contribution in [2.45, 2.75) is 13.3 Å². The van der Waals surface area contributed by atoms with Gasteiger partial charge in [0.05, 0.1) is 0 Å². The summed E-state index contributed by atoms with van der Waals surface area (Å²) >= 11 is 0. The molecule has 2 heteroatoms. The summed E-state index contributed by atoms with van der Waals surface area (Å²) < 4.78 is 0. The molecule has 2 nitrogen and oxygen atoms in total. The average Bonchev–Trinajstić information content (AvgIpc) is 1.82. The number of hydrogen-bond acceptors (Lipinski definition) is 2. The molecule has 0 N–H and O–H groups in total. The molecule has 0 fully saturated rings. The Morgan fingerprint density at radius 3 is 2.33 bits per heavy atom. The Morgan fingerprint density at radius 2 is 2.22 bits per heavy atom. The van der Waals surface area contributed by atoms with Crippen molar-refractivity contribution in [2.75, 3.05) is 14.1 Å². The van der Waals surface area contributed by atoms with Crippen LogP contribution in [0.2, 0.25) is 0 Å². The van der Waals surface area contributed by atoms with E-state index in [4.69, 9.17) is 5.26 Å². The van der Waals surface area contributed by atoms with Crippen LogP contribution in [-0.4, -0.2) is 19.0 Å². The highest BCUT2D eigenvalue weighted by atomic mass is 15.1. The molecule has 0 aliphatic heterocycles. The van der Waals surface area contributed by atoms with Gasteiger partial charge in [0, 0.05) is 14.1 Å². The van der Waals surface area contributed by atoms with E-state index in [0.29, 0.717) is 0 Å². The van der Waals surface area contributed by atoms with Crippen LogP contribution in [0.15, 0.2) is 11.8 Å². The zero-order chi connectivity index (χ0) is 7.28. The summed E-state index contributed by atoms with van der Waals surface area (Å²) in [6, 6.07) is 2.09. The second-order valence-electron chi connectivity index (χ2n) is 2.00. The number of hydrogen-bond donors (Lipinski definition) is 0. The molecule has 0 saturated heterocycles. The second kappa shape index (κ2) is 3.96. The first kappa shape index (κ1) is 8.03. The summed E-state index contributed by atoms with van der Waals surface area (Å²) in [7, 11) is 3.73. The minimum Gasteiger partial charge on any atom is -0.369 e. The zero-order valence-electron chi connectivity index (χ0n) is 6.18. The smallest absolute Gasteiger partial charge is 0.117 e. The van der Waals surface area contributed by atoms with E-state index in [9.17, 15) is 0 Å². The Bertz CT molecular complexity index is 139. The van der Waals surface area contributed by atoms with E-state index < -0.39 is 0 Å². The van der Waals surface area contributed by atoms with Gasteiger partial charge in [-0.25, -0.2) is 0 Å². The lowest BCUT2D eigenvalue weighted by atomic mass is 10.3. The number of nitriles is 1. The van der Waals surface area contributed by atoms with Gasteiger partial charge in [-0.15, -0.1) is 0 Å². The predicted molar refractivity (Wildman–Crippen MR) is 37.7 cm³/mol. The van der Waals surface area contributed by atoms with E-state index in [-0.39, 0.29) is 0 Å². The van der Waals surface area contributed by atoms with E-state index in [2.05, 4.69) is 6.07 Å². The molecule has 0 aliphatic rings. The van der Waals surface area contributed by atoms with Gasteiger partial charge in [-0.3, -0.25) is 0 Å². The lowest BCUT2D eigenvalue weighted by Gasteiger charge is -2.08. The monoisotopic (exact) mass is 124 g/mol.